The van der Waals surface area contributed by atoms with Crippen LogP contribution in [0, 0.1) is 6.92 Å². The Kier molecular flexibility index (Phi) is 5.53. The summed E-state index contributed by atoms with van der Waals surface area (Å²) in [4.78, 5) is 11.5. The maximum absolute atomic E-state index is 11.5. The van der Waals surface area contributed by atoms with Crippen LogP contribution in [0.4, 0.5) is 0 Å². The van der Waals surface area contributed by atoms with Gasteiger partial charge < -0.3 is 10.1 Å². The number of amides is 1. The molecule has 17 heavy (non-hydrogen) atoms. The number of hydrogen-bond donors (Lipinski definition) is 1. The van der Waals surface area contributed by atoms with Crippen LogP contribution in [0.2, 0.25) is 0 Å². The lowest BCUT2D eigenvalue weighted by molar-refractivity contribution is -0.123. The van der Waals surface area contributed by atoms with E-state index in [0.29, 0.717) is 0 Å². The number of carbonyl (C=O) groups is 1. The monoisotopic (exact) mass is 235 g/mol. The molecule has 1 N–H and O–H groups in total. The Labute approximate surface area is 103 Å². The first-order valence-electron chi connectivity index (χ1n) is 6.10. The van der Waals surface area contributed by atoms with Crippen molar-refractivity contribution in [3.05, 3.63) is 29.8 Å². The summed E-state index contributed by atoms with van der Waals surface area (Å²) in [7, 11) is 0. The lowest BCUT2D eigenvalue weighted by Gasteiger charge is -2.13. The van der Waals surface area contributed by atoms with Crippen LogP contribution in [-0.4, -0.2) is 18.6 Å². The molecule has 1 aromatic carbocycles. The molecule has 3 nitrogen and oxygen atoms in total. The summed E-state index contributed by atoms with van der Waals surface area (Å²) in [5.41, 5.74) is 1.18. The first-order valence-corrected chi connectivity index (χ1v) is 6.10. The van der Waals surface area contributed by atoms with Gasteiger partial charge in [0.05, 0.1) is 0 Å². The van der Waals surface area contributed by atoms with Crippen molar-refractivity contribution in [1.29, 1.82) is 0 Å². The molecule has 0 bridgehead atoms. The number of carbonyl (C=O) groups excluding carboxylic acids is 1. The lowest BCUT2D eigenvalue weighted by Crippen LogP contribution is -2.35. The van der Waals surface area contributed by atoms with Crippen LogP contribution in [0.25, 0.3) is 0 Å². The largest absolute Gasteiger partial charge is 0.484 e. The van der Waals surface area contributed by atoms with Crippen molar-refractivity contribution in [2.75, 3.05) is 6.61 Å². The maximum atomic E-state index is 11.5. The minimum atomic E-state index is -0.0634. The highest BCUT2D eigenvalue weighted by atomic mass is 16.5. The summed E-state index contributed by atoms with van der Waals surface area (Å²) in [6.07, 6.45) is 2.07. The third-order valence-electron chi connectivity index (χ3n) is 2.52. The Morgan fingerprint density at radius 1 is 1.35 bits per heavy atom. The van der Waals surface area contributed by atoms with Gasteiger partial charge in [0.1, 0.15) is 5.75 Å². The molecule has 0 aromatic heterocycles. The summed E-state index contributed by atoms with van der Waals surface area (Å²) in [5, 5.41) is 2.90. The smallest absolute Gasteiger partial charge is 0.258 e. The molecule has 1 aromatic rings. The molecule has 1 rings (SSSR count). The number of hydrogen-bond acceptors (Lipinski definition) is 2. The molecule has 1 atom stereocenters. The summed E-state index contributed by atoms with van der Waals surface area (Å²) in [6, 6.07) is 7.89. The van der Waals surface area contributed by atoms with Crippen molar-refractivity contribution in [2.45, 2.75) is 39.7 Å². The van der Waals surface area contributed by atoms with Gasteiger partial charge in [-0.15, -0.1) is 0 Å². The number of aryl methyl sites for hydroxylation is 1. The molecular formula is C14H21NO2. The number of ether oxygens (including phenoxy) is 1. The van der Waals surface area contributed by atoms with Crippen molar-refractivity contribution in [3.63, 3.8) is 0 Å². The zero-order valence-electron chi connectivity index (χ0n) is 10.8. The van der Waals surface area contributed by atoms with Gasteiger partial charge in [-0.1, -0.05) is 31.0 Å². The molecule has 1 amide bonds. The molecule has 0 fully saturated rings. The Morgan fingerprint density at radius 2 is 2.00 bits per heavy atom. The van der Waals surface area contributed by atoms with E-state index in [2.05, 4.69) is 12.2 Å². The third kappa shape index (κ3) is 5.38. The van der Waals surface area contributed by atoms with Gasteiger partial charge in [-0.3, -0.25) is 4.79 Å². The first-order chi connectivity index (χ1) is 8.11. The fourth-order valence-corrected chi connectivity index (χ4v) is 1.61. The van der Waals surface area contributed by atoms with Crippen molar-refractivity contribution < 1.29 is 9.53 Å². The van der Waals surface area contributed by atoms with Gasteiger partial charge in [0.25, 0.3) is 5.91 Å². The maximum Gasteiger partial charge on any atom is 0.258 e. The number of benzene rings is 1. The van der Waals surface area contributed by atoms with Gasteiger partial charge in [0.15, 0.2) is 6.61 Å². The molecule has 0 heterocycles. The fourth-order valence-electron chi connectivity index (χ4n) is 1.61. The second-order valence-corrected chi connectivity index (χ2v) is 4.36. The highest BCUT2D eigenvalue weighted by molar-refractivity contribution is 5.77. The molecule has 94 valence electrons. The van der Waals surface area contributed by atoms with Crippen LogP contribution in [0.5, 0.6) is 5.75 Å². The minimum absolute atomic E-state index is 0.0634. The first kappa shape index (κ1) is 13.6. The molecule has 0 saturated carbocycles. The highest BCUT2D eigenvalue weighted by Crippen LogP contribution is 2.10. The average Bonchev–Trinajstić information content (AvgIpc) is 2.28. The SMILES string of the molecule is CCC[C@H](C)NC(=O)COc1ccc(C)cc1. The quantitative estimate of drug-likeness (QED) is 0.823. The van der Waals surface area contributed by atoms with Crippen molar-refractivity contribution in [3.8, 4) is 5.75 Å². The van der Waals surface area contributed by atoms with Crippen LogP contribution < -0.4 is 10.1 Å². The topological polar surface area (TPSA) is 38.3 Å². The molecule has 0 spiro atoms. The standard InChI is InChI=1S/C14H21NO2/c1-4-5-12(3)15-14(16)10-17-13-8-6-11(2)7-9-13/h6-9,12H,4-5,10H2,1-3H3,(H,15,16)/t12-/m0/s1. The molecule has 3 heteroatoms. The highest BCUT2D eigenvalue weighted by Gasteiger charge is 2.06. The van der Waals surface area contributed by atoms with Crippen LogP contribution in [0.15, 0.2) is 24.3 Å². The molecular weight excluding hydrogens is 214 g/mol. The van der Waals surface area contributed by atoms with Gasteiger partial charge >= 0.3 is 0 Å². The Morgan fingerprint density at radius 3 is 2.59 bits per heavy atom. The molecule has 0 aliphatic rings. The van der Waals surface area contributed by atoms with E-state index in [1.807, 2.05) is 38.1 Å². The zero-order chi connectivity index (χ0) is 12.7. The van der Waals surface area contributed by atoms with Crippen LogP contribution in [0.1, 0.15) is 32.3 Å². The Bertz CT molecular complexity index is 346. The predicted octanol–water partition coefficient (Wildman–Crippen LogP) is 2.68. The molecule has 0 saturated heterocycles. The van der Waals surface area contributed by atoms with Crippen molar-refractivity contribution in [1.82, 2.24) is 5.32 Å². The van der Waals surface area contributed by atoms with Crippen LogP contribution in [-0.2, 0) is 4.79 Å². The Hall–Kier alpha value is -1.51. The normalized spacial score (nSPS) is 11.9. The summed E-state index contributed by atoms with van der Waals surface area (Å²) in [5.74, 6) is 0.667. The second kappa shape index (κ2) is 6.94. The zero-order valence-corrected chi connectivity index (χ0v) is 10.8. The van der Waals surface area contributed by atoms with Gasteiger partial charge in [-0.25, -0.2) is 0 Å². The molecule has 0 aliphatic heterocycles. The predicted molar refractivity (Wildman–Crippen MR) is 69.2 cm³/mol. The van der Waals surface area contributed by atoms with Gasteiger partial charge in [-0.2, -0.15) is 0 Å². The molecule has 0 aliphatic carbocycles. The fraction of sp³-hybridized carbons (Fsp3) is 0.500. The van der Waals surface area contributed by atoms with Crippen molar-refractivity contribution in [2.24, 2.45) is 0 Å². The summed E-state index contributed by atoms with van der Waals surface area (Å²) >= 11 is 0. The van der Waals surface area contributed by atoms with Gasteiger partial charge in [-0.05, 0) is 32.4 Å². The lowest BCUT2D eigenvalue weighted by atomic mass is 10.2. The number of nitrogens with one attached hydrogen (secondary N) is 1. The van der Waals surface area contributed by atoms with Crippen molar-refractivity contribution >= 4 is 5.91 Å². The van der Waals surface area contributed by atoms with E-state index < -0.39 is 0 Å². The van der Waals surface area contributed by atoms with Crippen LogP contribution >= 0.6 is 0 Å². The van der Waals surface area contributed by atoms with Gasteiger partial charge in [0.2, 0.25) is 0 Å². The van der Waals surface area contributed by atoms with Crippen LogP contribution in [0.3, 0.4) is 0 Å². The van der Waals surface area contributed by atoms with E-state index in [1.54, 1.807) is 0 Å². The number of rotatable bonds is 6. The average molecular weight is 235 g/mol. The third-order valence-corrected chi connectivity index (χ3v) is 2.52. The molecule has 0 unspecified atom stereocenters. The minimum Gasteiger partial charge on any atom is -0.484 e. The molecule has 0 radical (unpaired) electrons. The van der Waals surface area contributed by atoms with E-state index in [4.69, 9.17) is 4.74 Å². The summed E-state index contributed by atoms with van der Waals surface area (Å²) < 4.78 is 5.39. The van der Waals surface area contributed by atoms with E-state index in [-0.39, 0.29) is 18.6 Å². The van der Waals surface area contributed by atoms with E-state index in [0.717, 1.165) is 18.6 Å². The van der Waals surface area contributed by atoms with E-state index in [9.17, 15) is 4.79 Å². The van der Waals surface area contributed by atoms with E-state index in [1.165, 1.54) is 5.56 Å². The van der Waals surface area contributed by atoms with E-state index >= 15 is 0 Å². The van der Waals surface area contributed by atoms with Gasteiger partial charge in [0, 0.05) is 6.04 Å². The second-order valence-electron chi connectivity index (χ2n) is 4.36. The summed E-state index contributed by atoms with van der Waals surface area (Å²) in [6.45, 7) is 6.21. The Balaban J connectivity index is 2.30.